The lowest BCUT2D eigenvalue weighted by Gasteiger charge is -2.14. The van der Waals surface area contributed by atoms with Crippen LogP contribution in [0.1, 0.15) is 46.5 Å². The number of imide groups is 1. The lowest BCUT2D eigenvalue weighted by atomic mass is 10.1. The van der Waals surface area contributed by atoms with Crippen molar-refractivity contribution < 1.29 is 14.4 Å². The Morgan fingerprint density at radius 1 is 1.00 bits per heavy atom. The van der Waals surface area contributed by atoms with Gasteiger partial charge in [0.05, 0.1) is 11.1 Å². The molecule has 6 heteroatoms. The van der Waals surface area contributed by atoms with Crippen LogP contribution in [0.4, 0.5) is 10.5 Å². The highest BCUT2D eigenvalue weighted by molar-refractivity contribution is 6.21. The van der Waals surface area contributed by atoms with Crippen molar-refractivity contribution in [3.63, 3.8) is 0 Å². The van der Waals surface area contributed by atoms with Crippen LogP contribution < -0.4 is 10.6 Å². The number of carbonyl (C=O) groups excluding carboxylic acids is 3. The second kappa shape index (κ2) is 8.03. The third-order valence-electron chi connectivity index (χ3n) is 4.70. The van der Waals surface area contributed by atoms with Crippen LogP contribution in [0.15, 0.2) is 48.5 Å². The van der Waals surface area contributed by atoms with E-state index in [-0.39, 0.29) is 23.9 Å². The number of benzene rings is 2. The summed E-state index contributed by atoms with van der Waals surface area (Å²) in [7, 11) is 0. The summed E-state index contributed by atoms with van der Waals surface area (Å²) in [5.41, 5.74) is 2.61. The summed E-state index contributed by atoms with van der Waals surface area (Å²) >= 11 is 0. The Labute approximate surface area is 158 Å². The van der Waals surface area contributed by atoms with E-state index < -0.39 is 0 Å². The smallest absolute Gasteiger partial charge is 0.319 e. The number of hydrogen-bond acceptors (Lipinski definition) is 3. The molecule has 3 rings (SSSR count). The molecule has 140 valence electrons. The van der Waals surface area contributed by atoms with Gasteiger partial charge >= 0.3 is 6.03 Å². The summed E-state index contributed by atoms with van der Waals surface area (Å²) in [5, 5.41) is 5.63. The van der Waals surface area contributed by atoms with E-state index in [9.17, 15) is 14.4 Å². The number of nitrogens with one attached hydrogen (secondary N) is 2. The van der Waals surface area contributed by atoms with E-state index in [0.717, 1.165) is 12.0 Å². The first-order valence-corrected chi connectivity index (χ1v) is 9.11. The third-order valence-corrected chi connectivity index (χ3v) is 4.70. The second-order valence-electron chi connectivity index (χ2n) is 6.66. The Morgan fingerprint density at radius 3 is 2.15 bits per heavy atom. The van der Waals surface area contributed by atoms with Crippen LogP contribution in [0, 0.1) is 0 Å². The van der Waals surface area contributed by atoms with Crippen LogP contribution in [0.3, 0.4) is 0 Å². The fraction of sp³-hybridized carbons (Fsp3) is 0.286. The molecule has 1 unspecified atom stereocenters. The van der Waals surface area contributed by atoms with Crippen molar-refractivity contribution in [1.82, 2.24) is 10.2 Å². The van der Waals surface area contributed by atoms with E-state index in [0.29, 0.717) is 29.8 Å². The lowest BCUT2D eigenvalue weighted by molar-refractivity contribution is 0.0656. The molecule has 1 aliphatic rings. The molecule has 6 nitrogen and oxygen atoms in total. The zero-order valence-corrected chi connectivity index (χ0v) is 15.5. The first-order valence-electron chi connectivity index (χ1n) is 9.11. The molecule has 0 radical (unpaired) electrons. The molecule has 0 aliphatic carbocycles. The van der Waals surface area contributed by atoms with Gasteiger partial charge in [-0.15, -0.1) is 0 Å². The summed E-state index contributed by atoms with van der Waals surface area (Å²) in [6.45, 7) is 4.28. The third kappa shape index (κ3) is 4.16. The highest BCUT2D eigenvalue weighted by Crippen LogP contribution is 2.22. The van der Waals surface area contributed by atoms with Gasteiger partial charge < -0.3 is 10.6 Å². The molecule has 1 heterocycles. The van der Waals surface area contributed by atoms with E-state index in [1.807, 2.05) is 38.1 Å². The number of fused-ring (bicyclic) bond motifs is 1. The van der Waals surface area contributed by atoms with E-state index in [1.54, 1.807) is 24.3 Å². The predicted molar refractivity (Wildman–Crippen MR) is 104 cm³/mol. The summed E-state index contributed by atoms with van der Waals surface area (Å²) in [4.78, 5) is 37.9. The Kier molecular flexibility index (Phi) is 5.54. The Bertz CT molecular complexity index is 826. The van der Waals surface area contributed by atoms with Gasteiger partial charge in [-0.05, 0) is 49.6 Å². The molecule has 0 bridgehead atoms. The molecule has 0 spiro atoms. The maximum Gasteiger partial charge on any atom is 0.319 e. The van der Waals surface area contributed by atoms with Crippen molar-refractivity contribution in [2.45, 2.75) is 32.7 Å². The molecule has 27 heavy (non-hydrogen) atoms. The standard InChI is InChI=1S/C21H23N3O3/c1-3-14(2)22-21(27)23-16-10-8-15(9-11-16)12-13-24-19(25)17-6-4-5-7-18(17)20(24)26/h4-11,14H,3,12-13H2,1-2H3,(H2,22,23,27). The van der Waals surface area contributed by atoms with Crippen LogP contribution in [0.2, 0.25) is 0 Å². The van der Waals surface area contributed by atoms with Crippen molar-refractivity contribution in [3.8, 4) is 0 Å². The predicted octanol–water partition coefficient (Wildman–Crippen LogP) is 3.45. The Morgan fingerprint density at radius 2 is 1.59 bits per heavy atom. The molecule has 2 aromatic rings. The van der Waals surface area contributed by atoms with E-state index in [2.05, 4.69) is 10.6 Å². The SMILES string of the molecule is CCC(C)NC(=O)Nc1ccc(CCN2C(=O)c3ccccc3C2=O)cc1. The summed E-state index contributed by atoms with van der Waals surface area (Å²) in [6.07, 6.45) is 1.43. The number of rotatable bonds is 6. The van der Waals surface area contributed by atoms with Crippen LogP contribution >= 0.6 is 0 Å². The molecular weight excluding hydrogens is 342 g/mol. The van der Waals surface area contributed by atoms with Crippen LogP contribution in [0.5, 0.6) is 0 Å². The van der Waals surface area contributed by atoms with E-state index in [4.69, 9.17) is 0 Å². The molecule has 2 N–H and O–H groups in total. The molecule has 4 amide bonds. The molecule has 0 fully saturated rings. The van der Waals surface area contributed by atoms with Crippen LogP contribution in [0.25, 0.3) is 0 Å². The fourth-order valence-corrected chi connectivity index (χ4v) is 2.93. The summed E-state index contributed by atoms with van der Waals surface area (Å²) < 4.78 is 0. The Hall–Kier alpha value is -3.15. The maximum atomic E-state index is 12.4. The van der Waals surface area contributed by atoms with Gasteiger partial charge in [0.1, 0.15) is 0 Å². The lowest BCUT2D eigenvalue weighted by Crippen LogP contribution is -2.35. The largest absolute Gasteiger partial charge is 0.335 e. The van der Waals surface area contributed by atoms with Gasteiger partial charge in [-0.25, -0.2) is 4.79 Å². The van der Waals surface area contributed by atoms with Crippen molar-refractivity contribution in [2.24, 2.45) is 0 Å². The van der Waals surface area contributed by atoms with Crippen molar-refractivity contribution in [3.05, 3.63) is 65.2 Å². The normalized spacial score (nSPS) is 14.1. The van der Waals surface area contributed by atoms with Crippen molar-refractivity contribution >= 4 is 23.5 Å². The first-order chi connectivity index (χ1) is 13.0. The minimum atomic E-state index is -0.240. The second-order valence-corrected chi connectivity index (χ2v) is 6.66. The van der Waals surface area contributed by atoms with Gasteiger partial charge in [0.25, 0.3) is 11.8 Å². The van der Waals surface area contributed by atoms with Gasteiger partial charge in [0.2, 0.25) is 0 Å². The van der Waals surface area contributed by atoms with Gasteiger partial charge in [-0.2, -0.15) is 0 Å². The number of anilines is 1. The number of hydrogen-bond donors (Lipinski definition) is 2. The van der Waals surface area contributed by atoms with Gasteiger partial charge in [0, 0.05) is 18.3 Å². The maximum absolute atomic E-state index is 12.4. The average molecular weight is 365 g/mol. The molecule has 0 saturated heterocycles. The van der Waals surface area contributed by atoms with Gasteiger partial charge in [0.15, 0.2) is 0 Å². The minimum absolute atomic E-state index is 0.115. The van der Waals surface area contributed by atoms with Crippen molar-refractivity contribution in [2.75, 3.05) is 11.9 Å². The van der Waals surface area contributed by atoms with Crippen molar-refractivity contribution in [1.29, 1.82) is 0 Å². The highest BCUT2D eigenvalue weighted by atomic mass is 16.2. The number of urea groups is 1. The van der Waals surface area contributed by atoms with E-state index >= 15 is 0 Å². The van der Waals surface area contributed by atoms with E-state index in [1.165, 1.54) is 4.90 Å². The van der Waals surface area contributed by atoms with Crippen LogP contribution in [-0.2, 0) is 6.42 Å². The first kappa shape index (κ1) is 18.6. The fourth-order valence-electron chi connectivity index (χ4n) is 2.93. The van der Waals surface area contributed by atoms with Gasteiger partial charge in [-0.3, -0.25) is 14.5 Å². The average Bonchev–Trinajstić information content (AvgIpc) is 2.92. The number of amides is 4. The molecule has 1 atom stereocenters. The highest BCUT2D eigenvalue weighted by Gasteiger charge is 2.34. The minimum Gasteiger partial charge on any atom is -0.335 e. The monoisotopic (exact) mass is 365 g/mol. The summed E-state index contributed by atoms with van der Waals surface area (Å²) in [6, 6.07) is 14.2. The zero-order chi connectivity index (χ0) is 19.4. The molecular formula is C21H23N3O3. The Balaban J connectivity index is 1.56. The molecule has 0 aromatic heterocycles. The number of nitrogens with zero attached hydrogens (tertiary/aromatic N) is 1. The summed E-state index contributed by atoms with van der Waals surface area (Å²) in [5.74, 6) is -0.480. The topological polar surface area (TPSA) is 78.5 Å². The molecule has 2 aromatic carbocycles. The van der Waals surface area contributed by atoms with Gasteiger partial charge in [-0.1, -0.05) is 31.2 Å². The quantitative estimate of drug-likeness (QED) is 0.770. The molecule has 1 aliphatic heterocycles. The van der Waals surface area contributed by atoms with Crippen LogP contribution in [-0.4, -0.2) is 35.3 Å². The molecule has 0 saturated carbocycles. The zero-order valence-electron chi connectivity index (χ0n) is 15.5. The number of carbonyl (C=O) groups is 3.